The van der Waals surface area contributed by atoms with Gasteiger partial charge < -0.3 is 0 Å². The summed E-state index contributed by atoms with van der Waals surface area (Å²) in [6.07, 6.45) is 11.1. The summed E-state index contributed by atoms with van der Waals surface area (Å²) in [5.41, 5.74) is 2.09. The lowest BCUT2D eigenvalue weighted by atomic mass is 10.1. The van der Waals surface area contributed by atoms with Crippen LogP contribution in [0, 0.1) is 0 Å². The number of likely N-dealkylation sites (tertiary alicyclic amines) is 1. The fourth-order valence-corrected chi connectivity index (χ4v) is 3.32. The van der Waals surface area contributed by atoms with Gasteiger partial charge in [-0.25, -0.2) is 4.68 Å². The highest BCUT2D eigenvalue weighted by molar-refractivity contribution is 5.89. The highest BCUT2D eigenvalue weighted by Crippen LogP contribution is 2.21. The third kappa shape index (κ3) is 3.10. The Kier molecular flexibility index (Phi) is 4.03. The molecule has 0 aliphatic carbocycles. The second-order valence-electron chi connectivity index (χ2n) is 6.22. The van der Waals surface area contributed by atoms with Crippen LogP contribution in [0.1, 0.15) is 31.4 Å². The second kappa shape index (κ2) is 6.46. The van der Waals surface area contributed by atoms with Crippen molar-refractivity contribution in [3.63, 3.8) is 0 Å². The first-order valence-corrected chi connectivity index (χ1v) is 8.37. The van der Waals surface area contributed by atoms with Crippen LogP contribution in [-0.2, 0) is 6.54 Å². The van der Waals surface area contributed by atoms with Crippen molar-refractivity contribution >= 4 is 10.8 Å². The average Bonchev–Trinajstić information content (AvgIpc) is 2.90. The van der Waals surface area contributed by atoms with Crippen LogP contribution in [0.4, 0.5) is 0 Å². The van der Waals surface area contributed by atoms with Gasteiger partial charge in [0.15, 0.2) is 0 Å². The summed E-state index contributed by atoms with van der Waals surface area (Å²) in [6.45, 7) is 3.24. The Hall–Kier alpha value is -2.27. The third-order valence-corrected chi connectivity index (χ3v) is 4.53. The first kappa shape index (κ1) is 14.3. The van der Waals surface area contributed by atoms with E-state index < -0.39 is 0 Å². The highest BCUT2D eigenvalue weighted by atomic mass is 15.4. The molecule has 5 nitrogen and oxygen atoms in total. The molecule has 0 radical (unpaired) electrons. The molecule has 0 bridgehead atoms. The van der Waals surface area contributed by atoms with Crippen LogP contribution in [0.25, 0.3) is 16.5 Å². The standard InChI is InChI=1S/C18H21N5/c1-2-4-11-22(10-3-1)13-16-14-23(21-20-16)18-7-5-6-15-12-19-9-8-17(15)18/h5-9,12,14H,1-4,10-11,13H2. The monoisotopic (exact) mass is 307 g/mol. The van der Waals surface area contributed by atoms with Crippen LogP contribution in [0.5, 0.6) is 0 Å². The Balaban J connectivity index is 1.59. The van der Waals surface area contributed by atoms with Gasteiger partial charge in [-0.2, -0.15) is 0 Å². The van der Waals surface area contributed by atoms with Crippen LogP contribution in [0.2, 0.25) is 0 Å². The largest absolute Gasteiger partial charge is 0.297 e. The molecule has 23 heavy (non-hydrogen) atoms. The lowest BCUT2D eigenvalue weighted by molar-refractivity contribution is 0.273. The van der Waals surface area contributed by atoms with Crippen molar-refractivity contribution in [3.05, 3.63) is 48.5 Å². The number of pyridine rings is 1. The Labute approximate surface area is 135 Å². The minimum absolute atomic E-state index is 0.895. The van der Waals surface area contributed by atoms with Crippen molar-refractivity contribution in [2.45, 2.75) is 32.2 Å². The molecule has 1 saturated heterocycles. The normalized spacial score (nSPS) is 16.5. The zero-order valence-electron chi connectivity index (χ0n) is 13.2. The van der Waals surface area contributed by atoms with Gasteiger partial charge in [0.1, 0.15) is 0 Å². The van der Waals surface area contributed by atoms with Crippen molar-refractivity contribution in [3.8, 4) is 5.69 Å². The van der Waals surface area contributed by atoms with Gasteiger partial charge in [-0.3, -0.25) is 9.88 Å². The van der Waals surface area contributed by atoms with Crippen LogP contribution in [0.3, 0.4) is 0 Å². The Morgan fingerprint density at radius 1 is 1.00 bits per heavy atom. The molecule has 3 heterocycles. The SMILES string of the molecule is c1cc(-n2cc(CN3CCCCCC3)nn2)c2ccncc2c1. The molecule has 4 rings (SSSR count). The quantitative estimate of drug-likeness (QED) is 0.745. The van der Waals surface area contributed by atoms with E-state index >= 15 is 0 Å². The summed E-state index contributed by atoms with van der Waals surface area (Å²) >= 11 is 0. The zero-order chi connectivity index (χ0) is 15.5. The van der Waals surface area contributed by atoms with Gasteiger partial charge >= 0.3 is 0 Å². The topological polar surface area (TPSA) is 46.8 Å². The predicted molar refractivity (Wildman–Crippen MR) is 90.4 cm³/mol. The van der Waals surface area contributed by atoms with E-state index in [1.165, 1.54) is 38.8 Å². The molecule has 1 aliphatic rings. The number of benzene rings is 1. The number of rotatable bonds is 3. The van der Waals surface area contributed by atoms with E-state index in [0.29, 0.717) is 0 Å². The van der Waals surface area contributed by atoms with Gasteiger partial charge in [-0.1, -0.05) is 30.2 Å². The van der Waals surface area contributed by atoms with E-state index in [1.807, 2.05) is 29.2 Å². The van der Waals surface area contributed by atoms with Crippen LogP contribution < -0.4 is 0 Å². The maximum Gasteiger partial charge on any atom is 0.0971 e. The average molecular weight is 307 g/mol. The smallest absolute Gasteiger partial charge is 0.0971 e. The molecule has 5 heteroatoms. The summed E-state index contributed by atoms with van der Waals surface area (Å²) < 4.78 is 1.88. The lowest BCUT2D eigenvalue weighted by Gasteiger charge is -2.17. The summed E-state index contributed by atoms with van der Waals surface area (Å²) in [4.78, 5) is 6.68. The number of hydrogen-bond donors (Lipinski definition) is 0. The van der Waals surface area contributed by atoms with Gasteiger partial charge in [0.2, 0.25) is 0 Å². The van der Waals surface area contributed by atoms with E-state index in [4.69, 9.17) is 0 Å². The molecule has 0 unspecified atom stereocenters. The fourth-order valence-electron chi connectivity index (χ4n) is 3.32. The molecule has 0 N–H and O–H groups in total. The molecule has 2 aromatic heterocycles. The second-order valence-corrected chi connectivity index (χ2v) is 6.22. The summed E-state index contributed by atoms with van der Waals surface area (Å²) in [5, 5.41) is 11.0. The Morgan fingerprint density at radius 3 is 2.74 bits per heavy atom. The first-order valence-electron chi connectivity index (χ1n) is 8.37. The lowest BCUT2D eigenvalue weighted by Crippen LogP contribution is -2.24. The molecule has 1 fully saturated rings. The van der Waals surface area contributed by atoms with Crippen LogP contribution in [-0.4, -0.2) is 38.0 Å². The minimum atomic E-state index is 0.895. The molecular weight excluding hydrogens is 286 g/mol. The van der Waals surface area contributed by atoms with Crippen LogP contribution >= 0.6 is 0 Å². The maximum atomic E-state index is 4.38. The molecule has 0 saturated carbocycles. The maximum absolute atomic E-state index is 4.38. The van der Waals surface area contributed by atoms with E-state index in [-0.39, 0.29) is 0 Å². The van der Waals surface area contributed by atoms with Gasteiger partial charge in [-0.05, 0) is 38.1 Å². The van der Waals surface area contributed by atoms with E-state index in [0.717, 1.165) is 28.7 Å². The molecule has 0 amide bonds. The first-order chi connectivity index (χ1) is 11.4. The predicted octanol–water partition coefficient (Wildman–Crippen LogP) is 3.19. The summed E-state index contributed by atoms with van der Waals surface area (Å²) in [7, 11) is 0. The number of hydrogen-bond acceptors (Lipinski definition) is 4. The molecule has 1 aromatic carbocycles. The van der Waals surface area contributed by atoms with Gasteiger partial charge in [0.25, 0.3) is 0 Å². The number of aromatic nitrogens is 4. The summed E-state index contributed by atoms with van der Waals surface area (Å²) in [5.74, 6) is 0. The van der Waals surface area contributed by atoms with E-state index in [2.05, 4.69) is 38.5 Å². The van der Waals surface area contributed by atoms with E-state index in [1.54, 1.807) is 0 Å². The Morgan fingerprint density at radius 2 is 1.87 bits per heavy atom. The molecule has 3 aromatic rings. The molecule has 1 aliphatic heterocycles. The molecular formula is C18H21N5. The van der Waals surface area contributed by atoms with Gasteiger partial charge in [0, 0.05) is 29.7 Å². The Bertz CT molecular complexity index is 781. The van der Waals surface area contributed by atoms with Crippen molar-refractivity contribution in [2.75, 3.05) is 13.1 Å². The van der Waals surface area contributed by atoms with Gasteiger partial charge in [-0.15, -0.1) is 5.10 Å². The minimum Gasteiger partial charge on any atom is -0.297 e. The van der Waals surface area contributed by atoms with Crippen molar-refractivity contribution in [2.24, 2.45) is 0 Å². The van der Waals surface area contributed by atoms with Crippen molar-refractivity contribution in [1.82, 2.24) is 24.9 Å². The molecule has 0 spiro atoms. The van der Waals surface area contributed by atoms with Crippen molar-refractivity contribution in [1.29, 1.82) is 0 Å². The number of fused-ring (bicyclic) bond motifs is 1. The fraction of sp³-hybridized carbons (Fsp3) is 0.389. The number of nitrogens with zero attached hydrogens (tertiary/aromatic N) is 5. The van der Waals surface area contributed by atoms with E-state index in [9.17, 15) is 0 Å². The molecule has 118 valence electrons. The zero-order valence-corrected chi connectivity index (χ0v) is 13.2. The highest BCUT2D eigenvalue weighted by Gasteiger charge is 2.12. The van der Waals surface area contributed by atoms with Gasteiger partial charge in [0.05, 0.1) is 17.6 Å². The molecule has 0 atom stereocenters. The van der Waals surface area contributed by atoms with Crippen LogP contribution in [0.15, 0.2) is 42.9 Å². The third-order valence-electron chi connectivity index (χ3n) is 4.53. The summed E-state index contributed by atoms with van der Waals surface area (Å²) in [6, 6.07) is 8.21. The van der Waals surface area contributed by atoms with Crippen molar-refractivity contribution < 1.29 is 0 Å².